The Hall–Kier alpha value is -0.120. The van der Waals surface area contributed by atoms with Gasteiger partial charge >= 0.3 is 0 Å². The molecule has 1 aliphatic carbocycles. The molecule has 2 fully saturated rings. The SMILES string of the molecule is CCCCOCCOCCNC(=NC)NC1CCCN(C2CCCCC2)C1.I. The average Bonchev–Trinajstić information content (AvgIpc) is 2.72. The van der Waals surface area contributed by atoms with Crippen LogP contribution in [0.5, 0.6) is 0 Å². The molecule has 0 aromatic rings. The molecule has 166 valence electrons. The summed E-state index contributed by atoms with van der Waals surface area (Å²) < 4.78 is 11.1. The van der Waals surface area contributed by atoms with Gasteiger partial charge in [-0.15, -0.1) is 24.0 Å². The number of halogens is 1. The van der Waals surface area contributed by atoms with Crippen molar-refractivity contribution in [3.63, 3.8) is 0 Å². The third kappa shape index (κ3) is 10.6. The Kier molecular flexibility index (Phi) is 15.4. The maximum atomic E-state index is 5.62. The summed E-state index contributed by atoms with van der Waals surface area (Å²) in [6.45, 7) is 8.23. The molecule has 6 nitrogen and oxygen atoms in total. The highest BCUT2D eigenvalue weighted by Gasteiger charge is 2.27. The second-order valence-corrected chi connectivity index (χ2v) is 7.85. The van der Waals surface area contributed by atoms with Crippen molar-refractivity contribution in [1.29, 1.82) is 0 Å². The van der Waals surface area contributed by atoms with Crippen LogP contribution in [0.4, 0.5) is 0 Å². The lowest BCUT2D eigenvalue weighted by atomic mass is 9.92. The first-order valence-electron chi connectivity index (χ1n) is 11.2. The van der Waals surface area contributed by atoms with Gasteiger partial charge in [0, 0.05) is 38.8 Å². The number of nitrogens with one attached hydrogen (secondary N) is 2. The molecular weight excluding hydrogens is 467 g/mol. The predicted octanol–water partition coefficient (Wildman–Crippen LogP) is 3.40. The number of rotatable bonds is 11. The Morgan fingerprint density at radius 1 is 1.00 bits per heavy atom. The molecule has 1 saturated heterocycles. The van der Waals surface area contributed by atoms with Gasteiger partial charge in [-0.3, -0.25) is 9.89 Å². The number of guanidine groups is 1. The Labute approximate surface area is 189 Å². The molecule has 1 atom stereocenters. The van der Waals surface area contributed by atoms with Gasteiger partial charge in [-0.2, -0.15) is 0 Å². The van der Waals surface area contributed by atoms with Crippen LogP contribution in [0.25, 0.3) is 0 Å². The van der Waals surface area contributed by atoms with Crippen molar-refractivity contribution in [1.82, 2.24) is 15.5 Å². The van der Waals surface area contributed by atoms with Gasteiger partial charge in [0.2, 0.25) is 0 Å². The van der Waals surface area contributed by atoms with E-state index < -0.39 is 0 Å². The van der Waals surface area contributed by atoms with E-state index >= 15 is 0 Å². The lowest BCUT2D eigenvalue weighted by molar-refractivity contribution is 0.0487. The van der Waals surface area contributed by atoms with Gasteiger partial charge in [-0.05, 0) is 38.6 Å². The highest BCUT2D eigenvalue weighted by Crippen LogP contribution is 2.25. The van der Waals surface area contributed by atoms with Crippen LogP contribution in [0.15, 0.2) is 4.99 Å². The molecule has 7 heteroatoms. The Morgan fingerprint density at radius 3 is 2.46 bits per heavy atom. The van der Waals surface area contributed by atoms with Gasteiger partial charge in [-0.25, -0.2) is 0 Å². The van der Waals surface area contributed by atoms with Crippen molar-refractivity contribution >= 4 is 29.9 Å². The molecule has 0 aromatic carbocycles. The Balaban J connectivity index is 0.00000392. The van der Waals surface area contributed by atoms with Gasteiger partial charge < -0.3 is 20.1 Å². The first-order valence-corrected chi connectivity index (χ1v) is 11.2. The van der Waals surface area contributed by atoms with E-state index in [2.05, 4.69) is 27.4 Å². The fourth-order valence-corrected chi connectivity index (χ4v) is 4.10. The molecule has 1 saturated carbocycles. The summed E-state index contributed by atoms with van der Waals surface area (Å²) in [5, 5.41) is 6.99. The van der Waals surface area contributed by atoms with Crippen LogP contribution in [-0.2, 0) is 9.47 Å². The molecule has 2 aliphatic rings. The summed E-state index contributed by atoms with van der Waals surface area (Å²) in [5.41, 5.74) is 0. The maximum Gasteiger partial charge on any atom is 0.191 e. The molecule has 0 bridgehead atoms. The molecular formula is C21H43IN4O2. The van der Waals surface area contributed by atoms with E-state index in [-0.39, 0.29) is 24.0 Å². The fourth-order valence-electron chi connectivity index (χ4n) is 4.10. The zero-order chi connectivity index (χ0) is 19.2. The van der Waals surface area contributed by atoms with E-state index in [1.54, 1.807) is 0 Å². The Bertz CT molecular complexity index is 406. The van der Waals surface area contributed by atoms with E-state index in [0.717, 1.165) is 38.1 Å². The van der Waals surface area contributed by atoms with Crippen molar-refractivity contribution in [3.8, 4) is 0 Å². The molecule has 1 unspecified atom stereocenters. The van der Waals surface area contributed by atoms with Gasteiger partial charge in [-0.1, -0.05) is 32.6 Å². The minimum absolute atomic E-state index is 0. The van der Waals surface area contributed by atoms with E-state index in [0.29, 0.717) is 25.9 Å². The van der Waals surface area contributed by atoms with Crippen LogP contribution in [0, 0.1) is 0 Å². The summed E-state index contributed by atoms with van der Waals surface area (Å²) in [6.07, 6.45) is 11.8. The van der Waals surface area contributed by atoms with Gasteiger partial charge in [0.1, 0.15) is 0 Å². The van der Waals surface area contributed by atoms with Gasteiger partial charge in [0.15, 0.2) is 5.96 Å². The number of ether oxygens (including phenoxy) is 2. The molecule has 1 heterocycles. The summed E-state index contributed by atoms with van der Waals surface area (Å²) >= 11 is 0. The summed E-state index contributed by atoms with van der Waals surface area (Å²) in [5.74, 6) is 0.897. The second kappa shape index (κ2) is 16.7. The minimum Gasteiger partial charge on any atom is -0.379 e. The molecule has 0 aromatic heterocycles. The smallest absolute Gasteiger partial charge is 0.191 e. The lowest BCUT2D eigenvalue weighted by Crippen LogP contribution is -2.53. The largest absolute Gasteiger partial charge is 0.379 e. The van der Waals surface area contributed by atoms with E-state index in [4.69, 9.17) is 9.47 Å². The predicted molar refractivity (Wildman–Crippen MR) is 128 cm³/mol. The first kappa shape index (κ1) is 25.9. The van der Waals surface area contributed by atoms with Crippen molar-refractivity contribution in [2.45, 2.75) is 76.8 Å². The summed E-state index contributed by atoms with van der Waals surface area (Å²) in [6, 6.07) is 1.31. The number of piperidine rings is 1. The number of nitrogens with zero attached hydrogens (tertiary/aromatic N) is 2. The van der Waals surface area contributed by atoms with Crippen LogP contribution in [0.2, 0.25) is 0 Å². The standard InChI is InChI=1S/C21H42N4O2.HI/c1-3-4-14-26-16-17-27-15-12-23-21(22-2)24-19-9-8-13-25(18-19)20-10-6-5-7-11-20;/h19-20H,3-18H2,1-2H3,(H2,22,23,24);1H. The van der Waals surface area contributed by atoms with Crippen LogP contribution < -0.4 is 10.6 Å². The number of hydrogen-bond acceptors (Lipinski definition) is 4. The molecule has 2 rings (SSSR count). The van der Waals surface area contributed by atoms with Crippen LogP contribution in [0.1, 0.15) is 64.7 Å². The molecule has 0 radical (unpaired) electrons. The normalized spacial score (nSPS) is 21.9. The number of aliphatic imine (C=N–C) groups is 1. The molecule has 0 spiro atoms. The van der Waals surface area contributed by atoms with Crippen molar-refractivity contribution in [3.05, 3.63) is 0 Å². The number of likely N-dealkylation sites (tertiary alicyclic amines) is 1. The molecule has 28 heavy (non-hydrogen) atoms. The molecule has 2 N–H and O–H groups in total. The van der Waals surface area contributed by atoms with Crippen LogP contribution in [0.3, 0.4) is 0 Å². The number of unbranched alkanes of at least 4 members (excludes halogenated alkanes) is 1. The maximum absolute atomic E-state index is 5.62. The van der Waals surface area contributed by atoms with Crippen LogP contribution >= 0.6 is 24.0 Å². The lowest BCUT2D eigenvalue weighted by Gasteiger charge is -2.40. The number of hydrogen-bond donors (Lipinski definition) is 2. The van der Waals surface area contributed by atoms with Crippen molar-refractivity contribution < 1.29 is 9.47 Å². The monoisotopic (exact) mass is 510 g/mol. The van der Waals surface area contributed by atoms with Crippen molar-refractivity contribution in [2.24, 2.45) is 4.99 Å². The van der Waals surface area contributed by atoms with Gasteiger partial charge in [0.25, 0.3) is 0 Å². The second-order valence-electron chi connectivity index (χ2n) is 7.85. The molecule has 0 amide bonds. The van der Waals surface area contributed by atoms with E-state index in [1.807, 2.05) is 7.05 Å². The molecule has 1 aliphatic heterocycles. The Morgan fingerprint density at radius 2 is 1.75 bits per heavy atom. The zero-order valence-electron chi connectivity index (χ0n) is 18.1. The first-order chi connectivity index (χ1) is 13.3. The average molecular weight is 511 g/mol. The highest BCUT2D eigenvalue weighted by molar-refractivity contribution is 14.0. The quantitative estimate of drug-likeness (QED) is 0.193. The summed E-state index contributed by atoms with van der Waals surface area (Å²) in [4.78, 5) is 7.10. The minimum atomic E-state index is 0. The summed E-state index contributed by atoms with van der Waals surface area (Å²) in [7, 11) is 1.85. The third-order valence-corrected chi connectivity index (χ3v) is 5.66. The topological polar surface area (TPSA) is 58.1 Å². The highest BCUT2D eigenvalue weighted by atomic mass is 127. The fraction of sp³-hybridized carbons (Fsp3) is 0.952. The van der Waals surface area contributed by atoms with E-state index in [1.165, 1.54) is 57.9 Å². The van der Waals surface area contributed by atoms with Gasteiger partial charge in [0.05, 0.1) is 19.8 Å². The van der Waals surface area contributed by atoms with Crippen molar-refractivity contribution in [2.75, 3.05) is 53.1 Å². The zero-order valence-corrected chi connectivity index (χ0v) is 20.4. The van der Waals surface area contributed by atoms with E-state index in [9.17, 15) is 0 Å². The third-order valence-electron chi connectivity index (χ3n) is 5.66. The van der Waals surface area contributed by atoms with Crippen LogP contribution in [-0.4, -0.2) is 76.1 Å².